The van der Waals surface area contributed by atoms with Crippen LogP contribution in [0, 0.1) is 5.92 Å². The van der Waals surface area contributed by atoms with E-state index in [1.54, 1.807) is 0 Å². The second-order valence-corrected chi connectivity index (χ2v) is 4.80. The molecule has 1 fully saturated rings. The second-order valence-electron chi connectivity index (χ2n) is 4.80. The number of carbonyl (C=O) groups excluding carboxylic acids is 1. The first kappa shape index (κ1) is 11.5. The molecule has 1 unspecified atom stereocenters. The van der Waals surface area contributed by atoms with Gasteiger partial charge in [0.25, 0.3) is 0 Å². The Morgan fingerprint density at radius 1 is 1.57 bits per heavy atom. The summed E-state index contributed by atoms with van der Waals surface area (Å²) in [6.07, 6.45) is 3.12. The number of rotatable bonds is 4. The second kappa shape index (κ2) is 4.78. The summed E-state index contributed by atoms with van der Waals surface area (Å²) in [7, 11) is 0. The van der Waals surface area contributed by atoms with Crippen molar-refractivity contribution in [3.63, 3.8) is 0 Å². The van der Waals surface area contributed by atoms with E-state index in [2.05, 4.69) is 24.5 Å². The summed E-state index contributed by atoms with van der Waals surface area (Å²) in [6, 6.07) is 0. The van der Waals surface area contributed by atoms with E-state index in [9.17, 15) is 4.79 Å². The summed E-state index contributed by atoms with van der Waals surface area (Å²) in [5, 5.41) is 6.25. The number of hydrogen-bond acceptors (Lipinski definition) is 2. The zero-order chi connectivity index (χ0) is 10.6. The molecule has 2 N–H and O–H groups in total. The van der Waals surface area contributed by atoms with Gasteiger partial charge in [-0.2, -0.15) is 0 Å². The molecule has 1 amide bonds. The number of hydrogen-bond donors (Lipinski definition) is 2. The molecule has 1 aliphatic rings. The van der Waals surface area contributed by atoms with E-state index in [-0.39, 0.29) is 11.4 Å². The average Bonchev–Trinajstić information content (AvgIpc) is 2.52. The first-order chi connectivity index (χ1) is 6.54. The van der Waals surface area contributed by atoms with Crippen LogP contribution >= 0.6 is 0 Å². The van der Waals surface area contributed by atoms with Crippen LogP contribution in [0.5, 0.6) is 0 Å². The van der Waals surface area contributed by atoms with Crippen molar-refractivity contribution in [3.8, 4) is 0 Å². The van der Waals surface area contributed by atoms with E-state index < -0.39 is 0 Å². The fraction of sp³-hybridized carbons (Fsp3) is 0.909. The molecule has 1 atom stereocenters. The molecule has 3 heteroatoms. The molecule has 0 bridgehead atoms. The van der Waals surface area contributed by atoms with Crippen LogP contribution in [0.4, 0.5) is 0 Å². The van der Waals surface area contributed by atoms with Crippen molar-refractivity contribution in [3.05, 3.63) is 0 Å². The minimum absolute atomic E-state index is 0.163. The molecule has 3 nitrogen and oxygen atoms in total. The first-order valence-corrected chi connectivity index (χ1v) is 5.58. The van der Waals surface area contributed by atoms with Crippen molar-refractivity contribution < 1.29 is 4.79 Å². The van der Waals surface area contributed by atoms with Gasteiger partial charge >= 0.3 is 0 Å². The summed E-state index contributed by atoms with van der Waals surface area (Å²) in [5.41, 5.74) is -0.309. The van der Waals surface area contributed by atoms with E-state index in [1.807, 2.05) is 6.92 Å². The van der Waals surface area contributed by atoms with Gasteiger partial charge in [0.2, 0.25) is 5.91 Å². The van der Waals surface area contributed by atoms with Crippen molar-refractivity contribution in [2.24, 2.45) is 5.92 Å². The lowest BCUT2D eigenvalue weighted by Crippen LogP contribution is -2.51. The van der Waals surface area contributed by atoms with Gasteiger partial charge in [-0.15, -0.1) is 0 Å². The van der Waals surface area contributed by atoms with Crippen LogP contribution in [0.2, 0.25) is 0 Å². The molecule has 1 saturated heterocycles. The Hall–Kier alpha value is -0.570. The van der Waals surface area contributed by atoms with E-state index in [0.717, 1.165) is 32.4 Å². The smallest absolute Gasteiger partial charge is 0.240 e. The lowest BCUT2D eigenvalue weighted by Gasteiger charge is -2.23. The van der Waals surface area contributed by atoms with Gasteiger partial charge in [0.05, 0.1) is 5.54 Å². The minimum atomic E-state index is -0.309. The van der Waals surface area contributed by atoms with Gasteiger partial charge in [-0.1, -0.05) is 13.8 Å². The van der Waals surface area contributed by atoms with Gasteiger partial charge < -0.3 is 10.6 Å². The standard InChI is InChI=1S/C11H22N2O/c1-9(2)5-8-12-10(14)11(3)6-4-7-13-11/h9,13H,4-8H2,1-3H3,(H,12,14). The van der Waals surface area contributed by atoms with Crippen LogP contribution < -0.4 is 10.6 Å². The molecule has 0 aromatic carbocycles. The van der Waals surface area contributed by atoms with Crippen molar-refractivity contribution in [2.45, 2.75) is 45.6 Å². The maximum Gasteiger partial charge on any atom is 0.240 e. The van der Waals surface area contributed by atoms with E-state index in [1.165, 1.54) is 0 Å². The summed E-state index contributed by atoms with van der Waals surface area (Å²) in [5.74, 6) is 0.815. The molecule has 82 valence electrons. The summed E-state index contributed by atoms with van der Waals surface area (Å²) in [4.78, 5) is 11.8. The minimum Gasteiger partial charge on any atom is -0.354 e. The van der Waals surface area contributed by atoms with E-state index in [0.29, 0.717) is 5.92 Å². The highest BCUT2D eigenvalue weighted by Gasteiger charge is 2.35. The SMILES string of the molecule is CC(C)CCNC(=O)C1(C)CCCN1. The zero-order valence-corrected chi connectivity index (χ0v) is 9.52. The fourth-order valence-electron chi connectivity index (χ4n) is 1.76. The number of carbonyl (C=O) groups is 1. The van der Waals surface area contributed by atoms with Gasteiger partial charge in [0.1, 0.15) is 0 Å². The number of nitrogens with one attached hydrogen (secondary N) is 2. The highest BCUT2D eigenvalue weighted by atomic mass is 16.2. The Bertz CT molecular complexity index is 195. The normalized spacial score (nSPS) is 26.9. The van der Waals surface area contributed by atoms with Crippen LogP contribution in [0.3, 0.4) is 0 Å². The van der Waals surface area contributed by atoms with Gasteiger partial charge in [0.15, 0.2) is 0 Å². The number of amides is 1. The average molecular weight is 198 g/mol. The molecule has 0 spiro atoms. The topological polar surface area (TPSA) is 41.1 Å². The third-order valence-electron chi connectivity index (χ3n) is 2.88. The molecule has 0 saturated carbocycles. The predicted octanol–water partition coefficient (Wildman–Crippen LogP) is 1.29. The molecule has 1 aliphatic heterocycles. The Morgan fingerprint density at radius 2 is 2.29 bits per heavy atom. The molecular weight excluding hydrogens is 176 g/mol. The highest BCUT2D eigenvalue weighted by molar-refractivity contribution is 5.86. The molecule has 0 aromatic rings. The maximum atomic E-state index is 11.8. The van der Waals surface area contributed by atoms with Crippen LogP contribution in [-0.4, -0.2) is 24.5 Å². The molecule has 0 aliphatic carbocycles. The van der Waals surface area contributed by atoms with Crippen LogP contribution in [0.25, 0.3) is 0 Å². The van der Waals surface area contributed by atoms with E-state index >= 15 is 0 Å². The summed E-state index contributed by atoms with van der Waals surface area (Å²) < 4.78 is 0. The molecule has 0 aromatic heterocycles. The largest absolute Gasteiger partial charge is 0.354 e. The van der Waals surface area contributed by atoms with Gasteiger partial charge in [-0.3, -0.25) is 4.79 Å². The van der Waals surface area contributed by atoms with Crippen LogP contribution in [-0.2, 0) is 4.79 Å². The lowest BCUT2D eigenvalue weighted by molar-refractivity contribution is -0.126. The predicted molar refractivity (Wildman–Crippen MR) is 58.1 cm³/mol. The Labute approximate surface area is 86.6 Å². The van der Waals surface area contributed by atoms with E-state index in [4.69, 9.17) is 0 Å². The van der Waals surface area contributed by atoms with Gasteiger partial charge in [0, 0.05) is 6.54 Å². The summed E-state index contributed by atoms with van der Waals surface area (Å²) >= 11 is 0. The van der Waals surface area contributed by atoms with Gasteiger partial charge in [-0.25, -0.2) is 0 Å². The van der Waals surface area contributed by atoms with Crippen LogP contribution in [0.1, 0.15) is 40.0 Å². The Kier molecular flexibility index (Phi) is 3.93. The Morgan fingerprint density at radius 3 is 2.79 bits per heavy atom. The highest BCUT2D eigenvalue weighted by Crippen LogP contribution is 2.18. The quantitative estimate of drug-likeness (QED) is 0.714. The first-order valence-electron chi connectivity index (χ1n) is 5.58. The lowest BCUT2D eigenvalue weighted by atomic mass is 9.99. The van der Waals surface area contributed by atoms with Crippen molar-refractivity contribution in [1.82, 2.24) is 10.6 Å². The third kappa shape index (κ3) is 2.98. The molecule has 0 radical (unpaired) electrons. The molecule has 14 heavy (non-hydrogen) atoms. The zero-order valence-electron chi connectivity index (χ0n) is 9.52. The summed E-state index contributed by atoms with van der Waals surface area (Å²) in [6.45, 7) is 8.09. The molecule has 1 heterocycles. The molecule has 1 rings (SSSR count). The van der Waals surface area contributed by atoms with Crippen molar-refractivity contribution in [2.75, 3.05) is 13.1 Å². The monoisotopic (exact) mass is 198 g/mol. The van der Waals surface area contributed by atoms with Gasteiger partial charge in [-0.05, 0) is 38.6 Å². The Balaban J connectivity index is 2.27. The molecular formula is C11H22N2O. The third-order valence-corrected chi connectivity index (χ3v) is 2.88. The van der Waals surface area contributed by atoms with Crippen LogP contribution in [0.15, 0.2) is 0 Å². The van der Waals surface area contributed by atoms with Crippen molar-refractivity contribution >= 4 is 5.91 Å². The fourth-order valence-corrected chi connectivity index (χ4v) is 1.76. The van der Waals surface area contributed by atoms with Crippen molar-refractivity contribution in [1.29, 1.82) is 0 Å². The maximum absolute atomic E-state index is 11.8.